The number of hydrogen-bond donors (Lipinski definition) is 2. The summed E-state index contributed by atoms with van der Waals surface area (Å²) in [4.78, 5) is 21.2. The van der Waals surface area contributed by atoms with Crippen molar-refractivity contribution in [3.63, 3.8) is 0 Å². The third-order valence-electron chi connectivity index (χ3n) is 3.65. The van der Waals surface area contributed by atoms with E-state index in [-0.39, 0.29) is 0 Å². The van der Waals surface area contributed by atoms with Gasteiger partial charge in [-0.2, -0.15) is 5.10 Å². The largest absolute Gasteiger partial charge is 0.381 e. The highest BCUT2D eigenvalue weighted by Gasteiger charge is 2.24. The van der Waals surface area contributed by atoms with Gasteiger partial charge >= 0.3 is 0 Å². The first-order chi connectivity index (χ1) is 13.7. The molecule has 3 rings (SSSR count). The standard InChI is InChI=1S/C15H15N5OS.C5H10O/c1-2-3-6-18-19-7-11-12(8-21)22-15-13(11)14(16-9-17-15)20-10-4-5-10;1-3-4-5-6-2/h2-3,6-10,18H,1,4-5H2,(H,16,17,20);3-4H,5H2,1-2H3/b6-3+,19-7-;4-3-. The fourth-order valence-electron chi connectivity index (χ4n) is 2.17. The highest BCUT2D eigenvalue weighted by Crippen LogP contribution is 2.34. The molecule has 0 bridgehead atoms. The van der Waals surface area contributed by atoms with Crippen LogP contribution in [0.3, 0.4) is 0 Å². The second-order valence-corrected chi connectivity index (χ2v) is 6.86. The molecule has 0 radical (unpaired) electrons. The summed E-state index contributed by atoms with van der Waals surface area (Å²) >= 11 is 1.34. The maximum atomic E-state index is 11.3. The van der Waals surface area contributed by atoms with Crippen molar-refractivity contribution in [2.75, 3.05) is 19.0 Å². The molecule has 0 aromatic carbocycles. The molecule has 1 saturated carbocycles. The molecule has 1 fully saturated rings. The van der Waals surface area contributed by atoms with Gasteiger partial charge in [-0.3, -0.25) is 10.2 Å². The van der Waals surface area contributed by atoms with Gasteiger partial charge in [0.05, 0.1) is 23.1 Å². The number of hydrazone groups is 1. The van der Waals surface area contributed by atoms with Gasteiger partial charge in [0.25, 0.3) is 0 Å². The Labute approximate surface area is 168 Å². The summed E-state index contributed by atoms with van der Waals surface area (Å²) in [7, 11) is 1.68. The van der Waals surface area contributed by atoms with Gasteiger partial charge in [0.15, 0.2) is 6.29 Å². The number of aldehydes is 1. The summed E-state index contributed by atoms with van der Waals surface area (Å²) in [5.74, 6) is 0.764. The Morgan fingerprint density at radius 1 is 1.43 bits per heavy atom. The number of ether oxygens (including phenoxy) is 1. The number of nitrogens with zero attached hydrogens (tertiary/aromatic N) is 3. The number of allylic oxidation sites excluding steroid dienone is 3. The Kier molecular flexibility index (Phi) is 9.03. The Hall–Kier alpha value is -2.84. The van der Waals surface area contributed by atoms with Crippen molar-refractivity contribution in [3.05, 3.63) is 53.9 Å². The number of fused-ring (bicyclic) bond motifs is 1. The molecular formula is C20H25N5O2S. The van der Waals surface area contributed by atoms with Crippen LogP contribution >= 0.6 is 11.3 Å². The molecule has 0 atom stereocenters. The summed E-state index contributed by atoms with van der Waals surface area (Å²) in [6, 6.07) is 0.469. The van der Waals surface area contributed by atoms with Gasteiger partial charge in [0.2, 0.25) is 0 Å². The molecule has 148 valence electrons. The Morgan fingerprint density at radius 3 is 2.86 bits per heavy atom. The summed E-state index contributed by atoms with van der Waals surface area (Å²) in [6.45, 7) is 6.28. The predicted octanol–water partition coefficient (Wildman–Crippen LogP) is 3.91. The number of aromatic nitrogens is 2. The summed E-state index contributed by atoms with van der Waals surface area (Å²) in [5.41, 5.74) is 3.49. The minimum atomic E-state index is 0.469. The third-order valence-corrected chi connectivity index (χ3v) is 4.69. The fraction of sp³-hybridized carbons (Fsp3) is 0.300. The number of thiophene rings is 1. The minimum Gasteiger partial charge on any atom is -0.381 e. The average Bonchev–Trinajstić information content (AvgIpc) is 3.45. The lowest BCUT2D eigenvalue weighted by molar-refractivity contribution is 0.112. The van der Waals surface area contributed by atoms with Gasteiger partial charge in [-0.1, -0.05) is 24.8 Å². The maximum Gasteiger partial charge on any atom is 0.160 e. The smallest absolute Gasteiger partial charge is 0.160 e. The highest BCUT2D eigenvalue weighted by atomic mass is 32.1. The predicted molar refractivity (Wildman–Crippen MR) is 116 cm³/mol. The summed E-state index contributed by atoms with van der Waals surface area (Å²) in [6.07, 6.45) is 15.2. The summed E-state index contributed by atoms with van der Waals surface area (Å²) in [5, 5.41) is 8.33. The molecule has 1 aliphatic carbocycles. The number of nitrogens with one attached hydrogen (secondary N) is 2. The lowest BCUT2D eigenvalue weighted by Crippen LogP contribution is -2.04. The number of carbonyl (C=O) groups is 1. The minimum absolute atomic E-state index is 0.469. The number of methoxy groups -OCH3 is 1. The van der Waals surface area contributed by atoms with Crippen LogP contribution in [0.4, 0.5) is 5.82 Å². The summed E-state index contributed by atoms with van der Waals surface area (Å²) < 4.78 is 4.70. The third kappa shape index (κ3) is 6.40. The van der Waals surface area contributed by atoms with Crippen LogP contribution in [0.1, 0.15) is 35.0 Å². The van der Waals surface area contributed by atoms with Crippen molar-refractivity contribution in [1.82, 2.24) is 15.4 Å². The first-order valence-corrected chi connectivity index (χ1v) is 9.72. The van der Waals surface area contributed by atoms with E-state index in [1.807, 2.05) is 19.1 Å². The average molecular weight is 400 g/mol. The second-order valence-electron chi connectivity index (χ2n) is 5.83. The zero-order valence-electron chi connectivity index (χ0n) is 16.1. The van der Waals surface area contributed by atoms with E-state index >= 15 is 0 Å². The Bertz CT molecular complexity index is 869. The fourth-order valence-corrected chi connectivity index (χ4v) is 3.10. The number of carbonyl (C=O) groups excluding carboxylic acids is 1. The van der Waals surface area contributed by atoms with E-state index < -0.39 is 0 Å². The van der Waals surface area contributed by atoms with Crippen LogP contribution < -0.4 is 10.7 Å². The van der Waals surface area contributed by atoms with E-state index in [0.29, 0.717) is 10.9 Å². The van der Waals surface area contributed by atoms with Crippen LogP contribution in [0.25, 0.3) is 10.2 Å². The SMILES string of the molecule is C/C=C\COC.C=C/C=C/N/N=C\c1c(C=O)sc2ncnc(NC3CC3)c12. The van der Waals surface area contributed by atoms with Crippen LogP contribution in [0.2, 0.25) is 0 Å². The molecule has 2 aromatic rings. The van der Waals surface area contributed by atoms with E-state index in [0.717, 1.165) is 47.3 Å². The van der Waals surface area contributed by atoms with Crippen LogP contribution in [0.5, 0.6) is 0 Å². The van der Waals surface area contributed by atoms with Crippen molar-refractivity contribution in [1.29, 1.82) is 0 Å². The molecule has 28 heavy (non-hydrogen) atoms. The molecule has 2 heterocycles. The lowest BCUT2D eigenvalue weighted by atomic mass is 10.2. The van der Waals surface area contributed by atoms with E-state index in [2.05, 4.69) is 32.4 Å². The molecule has 1 aliphatic rings. The molecule has 2 aromatic heterocycles. The van der Waals surface area contributed by atoms with Crippen molar-refractivity contribution < 1.29 is 9.53 Å². The first-order valence-electron chi connectivity index (χ1n) is 8.90. The molecule has 2 N–H and O–H groups in total. The van der Waals surface area contributed by atoms with Crippen molar-refractivity contribution in [2.45, 2.75) is 25.8 Å². The van der Waals surface area contributed by atoms with Gasteiger partial charge in [-0.05, 0) is 25.8 Å². The van der Waals surface area contributed by atoms with E-state index in [9.17, 15) is 4.79 Å². The zero-order chi connectivity index (χ0) is 20.2. The van der Waals surface area contributed by atoms with Gasteiger partial charge in [-0.15, -0.1) is 11.3 Å². The van der Waals surface area contributed by atoms with Gasteiger partial charge in [0.1, 0.15) is 17.0 Å². The van der Waals surface area contributed by atoms with Crippen LogP contribution in [0, 0.1) is 0 Å². The van der Waals surface area contributed by atoms with Crippen molar-refractivity contribution in [2.24, 2.45) is 5.10 Å². The maximum absolute atomic E-state index is 11.3. The molecule has 0 spiro atoms. The molecule has 0 amide bonds. The number of hydrogen-bond acceptors (Lipinski definition) is 8. The quantitative estimate of drug-likeness (QED) is 0.218. The molecule has 0 aliphatic heterocycles. The van der Waals surface area contributed by atoms with E-state index in [1.54, 1.807) is 31.7 Å². The van der Waals surface area contributed by atoms with Crippen LogP contribution in [-0.2, 0) is 4.74 Å². The van der Waals surface area contributed by atoms with E-state index in [1.165, 1.54) is 17.7 Å². The van der Waals surface area contributed by atoms with Crippen molar-refractivity contribution >= 4 is 39.9 Å². The monoisotopic (exact) mass is 399 g/mol. The second kappa shape index (κ2) is 11.8. The van der Waals surface area contributed by atoms with Gasteiger partial charge in [-0.25, -0.2) is 9.97 Å². The highest BCUT2D eigenvalue weighted by molar-refractivity contribution is 7.20. The van der Waals surface area contributed by atoms with Crippen LogP contribution in [-0.4, -0.2) is 42.2 Å². The Morgan fingerprint density at radius 2 is 2.25 bits per heavy atom. The molecular weight excluding hydrogens is 374 g/mol. The zero-order valence-corrected chi connectivity index (χ0v) is 16.9. The molecule has 8 heteroatoms. The van der Waals surface area contributed by atoms with Crippen LogP contribution in [0.15, 0.2) is 48.5 Å². The Balaban J connectivity index is 0.000000409. The number of anilines is 1. The normalized spacial score (nSPS) is 13.8. The van der Waals surface area contributed by atoms with Gasteiger partial charge in [0, 0.05) is 24.9 Å². The van der Waals surface area contributed by atoms with E-state index in [4.69, 9.17) is 4.74 Å². The molecule has 0 unspecified atom stereocenters. The first kappa shape index (κ1) is 21.5. The van der Waals surface area contributed by atoms with Gasteiger partial charge < -0.3 is 10.1 Å². The van der Waals surface area contributed by atoms with Crippen molar-refractivity contribution in [3.8, 4) is 0 Å². The number of rotatable bonds is 9. The topological polar surface area (TPSA) is 88.5 Å². The molecule has 7 nitrogen and oxygen atoms in total. The molecule has 0 saturated heterocycles. The lowest BCUT2D eigenvalue weighted by Gasteiger charge is -2.05.